The molecule has 1 aliphatic carbocycles. The van der Waals surface area contributed by atoms with Gasteiger partial charge in [0.15, 0.2) is 0 Å². The molecule has 1 fully saturated rings. The molecule has 0 aromatic heterocycles. The number of halogens is 1. The van der Waals surface area contributed by atoms with Crippen molar-refractivity contribution in [1.29, 1.82) is 0 Å². The SMILES string of the molecule is CS(=O)(=O)N(CC(=O)NN=C1CCCCC1)c1ccc(I)cc1. The molecular weight excluding hydrogens is 429 g/mol. The van der Waals surface area contributed by atoms with E-state index in [4.69, 9.17) is 0 Å². The number of nitrogens with one attached hydrogen (secondary N) is 1. The van der Waals surface area contributed by atoms with Gasteiger partial charge in [0.2, 0.25) is 10.0 Å². The molecule has 1 aromatic carbocycles. The number of carbonyl (C=O) groups excluding carboxylic acids is 1. The Balaban J connectivity index is 2.06. The molecule has 23 heavy (non-hydrogen) atoms. The van der Waals surface area contributed by atoms with E-state index in [9.17, 15) is 13.2 Å². The molecular formula is C15H20IN3O3S. The van der Waals surface area contributed by atoms with Gasteiger partial charge in [0.25, 0.3) is 5.91 Å². The van der Waals surface area contributed by atoms with E-state index in [1.165, 1.54) is 6.42 Å². The van der Waals surface area contributed by atoms with E-state index in [1.807, 2.05) is 0 Å². The molecule has 1 amide bonds. The summed E-state index contributed by atoms with van der Waals surface area (Å²) >= 11 is 2.14. The summed E-state index contributed by atoms with van der Waals surface area (Å²) in [6.45, 7) is -0.282. The second-order valence-electron chi connectivity index (χ2n) is 5.52. The van der Waals surface area contributed by atoms with Gasteiger partial charge in [0.05, 0.1) is 11.9 Å². The Kier molecular flexibility index (Phi) is 6.40. The van der Waals surface area contributed by atoms with Crippen molar-refractivity contribution >= 4 is 49.9 Å². The zero-order valence-electron chi connectivity index (χ0n) is 13.0. The molecule has 1 saturated carbocycles. The first-order chi connectivity index (χ1) is 10.9. The highest BCUT2D eigenvalue weighted by atomic mass is 127. The molecule has 8 heteroatoms. The first-order valence-electron chi connectivity index (χ1n) is 7.44. The molecule has 1 aromatic rings. The van der Waals surface area contributed by atoms with Crippen molar-refractivity contribution in [3.05, 3.63) is 27.8 Å². The highest BCUT2D eigenvalue weighted by Gasteiger charge is 2.20. The number of benzene rings is 1. The first kappa shape index (κ1) is 18.2. The minimum Gasteiger partial charge on any atom is -0.271 e. The first-order valence-corrected chi connectivity index (χ1v) is 10.4. The second-order valence-corrected chi connectivity index (χ2v) is 8.67. The van der Waals surface area contributed by atoms with E-state index in [-0.39, 0.29) is 6.54 Å². The van der Waals surface area contributed by atoms with Gasteiger partial charge in [-0.3, -0.25) is 9.10 Å². The van der Waals surface area contributed by atoms with E-state index in [0.717, 1.165) is 45.5 Å². The molecule has 1 N–H and O–H groups in total. The predicted molar refractivity (Wildman–Crippen MR) is 100 cm³/mol. The second kappa shape index (κ2) is 8.09. The van der Waals surface area contributed by atoms with Crippen LogP contribution in [0.3, 0.4) is 0 Å². The third kappa shape index (κ3) is 5.76. The summed E-state index contributed by atoms with van der Waals surface area (Å²) < 4.78 is 26.0. The number of hydrogen-bond donors (Lipinski definition) is 1. The van der Waals surface area contributed by atoms with E-state index in [0.29, 0.717) is 5.69 Å². The molecule has 0 bridgehead atoms. The number of rotatable bonds is 5. The standard InChI is InChI=1S/C15H20IN3O3S/c1-23(21,22)19(14-9-7-12(16)8-10-14)11-15(20)18-17-13-5-3-2-4-6-13/h7-10H,2-6,11H2,1H3,(H,18,20). The molecule has 0 atom stereocenters. The van der Waals surface area contributed by atoms with Gasteiger partial charge in [-0.2, -0.15) is 5.10 Å². The van der Waals surface area contributed by atoms with Crippen molar-refractivity contribution < 1.29 is 13.2 Å². The van der Waals surface area contributed by atoms with Crippen molar-refractivity contribution in [3.63, 3.8) is 0 Å². The Labute approximate surface area is 150 Å². The normalized spacial score (nSPS) is 15.1. The smallest absolute Gasteiger partial charge is 0.260 e. The van der Waals surface area contributed by atoms with Crippen LogP contribution in [0.25, 0.3) is 0 Å². The number of hydrazone groups is 1. The van der Waals surface area contributed by atoms with Crippen molar-refractivity contribution in [1.82, 2.24) is 5.43 Å². The lowest BCUT2D eigenvalue weighted by Crippen LogP contribution is -2.39. The number of sulfonamides is 1. The average molecular weight is 449 g/mol. The van der Waals surface area contributed by atoms with Crippen LogP contribution in [0.2, 0.25) is 0 Å². The van der Waals surface area contributed by atoms with Crippen LogP contribution in [-0.4, -0.2) is 32.8 Å². The maximum atomic E-state index is 12.1. The van der Waals surface area contributed by atoms with Gasteiger partial charge in [-0.25, -0.2) is 13.8 Å². The molecule has 0 heterocycles. The van der Waals surface area contributed by atoms with Crippen molar-refractivity contribution in [2.75, 3.05) is 17.1 Å². The molecule has 2 rings (SSSR count). The Morgan fingerprint density at radius 2 is 1.83 bits per heavy atom. The van der Waals surface area contributed by atoms with Gasteiger partial charge < -0.3 is 0 Å². The topological polar surface area (TPSA) is 78.8 Å². The Bertz CT molecular complexity index is 678. The van der Waals surface area contributed by atoms with Crippen LogP contribution in [0.1, 0.15) is 32.1 Å². The number of nitrogens with zero attached hydrogens (tertiary/aromatic N) is 2. The quantitative estimate of drug-likeness (QED) is 0.554. The third-order valence-corrected chi connectivity index (χ3v) is 5.43. The largest absolute Gasteiger partial charge is 0.271 e. The molecule has 0 saturated heterocycles. The maximum Gasteiger partial charge on any atom is 0.260 e. The fourth-order valence-corrected chi connectivity index (χ4v) is 3.60. The van der Waals surface area contributed by atoms with Crippen LogP contribution in [0.15, 0.2) is 29.4 Å². The van der Waals surface area contributed by atoms with Crippen molar-refractivity contribution in [2.24, 2.45) is 5.10 Å². The monoisotopic (exact) mass is 449 g/mol. The zero-order valence-corrected chi connectivity index (χ0v) is 15.9. The third-order valence-electron chi connectivity index (χ3n) is 3.57. The lowest BCUT2D eigenvalue weighted by atomic mass is 9.99. The summed E-state index contributed by atoms with van der Waals surface area (Å²) in [6, 6.07) is 6.97. The highest BCUT2D eigenvalue weighted by molar-refractivity contribution is 14.1. The number of anilines is 1. The zero-order chi connectivity index (χ0) is 16.9. The van der Waals surface area contributed by atoms with Gasteiger partial charge in [-0.1, -0.05) is 6.42 Å². The molecule has 0 radical (unpaired) electrons. The Hall–Kier alpha value is -1.16. The number of hydrogen-bond acceptors (Lipinski definition) is 4. The van der Waals surface area contributed by atoms with E-state index in [1.54, 1.807) is 24.3 Å². The van der Waals surface area contributed by atoms with Crippen LogP contribution >= 0.6 is 22.6 Å². The molecule has 0 unspecified atom stereocenters. The minimum atomic E-state index is -3.55. The summed E-state index contributed by atoms with van der Waals surface area (Å²) in [6.07, 6.45) is 6.26. The molecule has 1 aliphatic rings. The average Bonchev–Trinajstić information content (AvgIpc) is 2.52. The summed E-state index contributed by atoms with van der Waals surface area (Å²) in [5.41, 5.74) is 3.92. The summed E-state index contributed by atoms with van der Waals surface area (Å²) in [5, 5.41) is 4.12. The van der Waals surface area contributed by atoms with E-state index < -0.39 is 15.9 Å². The van der Waals surface area contributed by atoms with Crippen LogP contribution in [0.5, 0.6) is 0 Å². The molecule has 0 aliphatic heterocycles. The minimum absolute atomic E-state index is 0.282. The number of carbonyl (C=O) groups is 1. The maximum absolute atomic E-state index is 12.1. The Morgan fingerprint density at radius 1 is 1.22 bits per heavy atom. The lowest BCUT2D eigenvalue weighted by Gasteiger charge is -2.21. The summed E-state index contributed by atoms with van der Waals surface area (Å²) in [5.74, 6) is -0.438. The fraction of sp³-hybridized carbons (Fsp3) is 0.467. The van der Waals surface area contributed by atoms with Crippen LogP contribution < -0.4 is 9.73 Å². The van der Waals surface area contributed by atoms with Gasteiger partial charge in [-0.15, -0.1) is 0 Å². The van der Waals surface area contributed by atoms with Gasteiger partial charge in [0, 0.05) is 9.28 Å². The summed E-state index contributed by atoms with van der Waals surface area (Å²) in [4.78, 5) is 12.1. The fourth-order valence-electron chi connectivity index (χ4n) is 2.39. The van der Waals surface area contributed by atoms with Crippen molar-refractivity contribution in [2.45, 2.75) is 32.1 Å². The van der Waals surface area contributed by atoms with Crippen LogP contribution in [0, 0.1) is 3.57 Å². The van der Waals surface area contributed by atoms with E-state index in [2.05, 4.69) is 33.1 Å². The predicted octanol–water partition coefficient (Wildman–Crippen LogP) is 2.49. The number of amides is 1. The highest BCUT2D eigenvalue weighted by Crippen LogP contribution is 2.19. The Morgan fingerprint density at radius 3 is 2.39 bits per heavy atom. The molecule has 126 valence electrons. The van der Waals surface area contributed by atoms with Gasteiger partial charge in [0.1, 0.15) is 6.54 Å². The van der Waals surface area contributed by atoms with Gasteiger partial charge in [-0.05, 0) is 72.5 Å². The summed E-state index contributed by atoms with van der Waals surface area (Å²) in [7, 11) is -3.55. The van der Waals surface area contributed by atoms with Gasteiger partial charge >= 0.3 is 0 Å². The van der Waals surface area contributed by atoms with Crippen molar-refractivity contribution in [3.8, 4) is 0 Å². The molecule has 6 nitrogen and oxygen atoms in total. The van der Waals surface area contributed by atoms with E-state index >= 15 is 0 Å². The lowest BCUT2D eigenvalue weighted by molar-refractivity contribution is -0.119. The van der Waals surface area contributed by atoms with Crippen LogP contribution in [0.4, 0.5) is 5.69 Å². The molecule has 0 spiro atoms. The van der Waals surface area contributed by atoms with Crippen LogP contribution in [-0.2, 0) is 14.8 Å².